The lowest BCUT2D eigenvalue weighted by molar-refractivity contribution is 0.116. The number of hydrogen-bond donors (Lipinski definition) is 1. The summed E-state index contributed by atoms with van der Waals surface area (Å²) >= 11 is 6.05. The number of H-pyrrole nitrogens is 1. The van der Waals surface area contributed by atoms with Gasteiger partial charge in [-0.3, -0.25) is 0 Å². The molecule has 0 bridgehead atoms. The van der Waals surface area contributed by atoms with Gasteiger partial charge >= 0.3 is 0 Å². The van der Waals surface area contributed by atoms with Gasteiger partial charge in [0.1, 0.15) is 17.8 Å². The number of aromatic amines is 1. The smallest absolute Gasteiger partial charge is 0.142 e. The lowest BCUT2D eigenvalue weighted by Gasteiger charge is -2.47. The van der Waals surface area contributed by atoms with Crippen LogP contribution in [0.5, 0.6) is 0 Å². The zero-order chi connectivity index (χ0) is 18.1. The van der Waals surface area contributed by atoms with Crippen LogP contribution in [-0.4, -0.2) is 52.6 Å². The Bertz CT molecular complexity index is 879. The molecule has 136 valence electrons. The van der Waals surface area contributed by atoms with E-state index in [-0.39, 0.29) is 5.54 Å². The highest BCUT2D eigenvalue weighted by molar-refractivity contribution is 6.30. The van der Waals surface area contributed by atoms with Gasteiger partial charge in [0, 0.05) is 29.8 Å². The molecule has 1 N–H and O–H groups in total. The number of hydrogen-bond acceptors (Lipinski definition) is 4. The minimum Gasteiger partial charge on any atom is -0.356 e. The van der Waals surface area contributed by atoms with Gasteiger partial charge in [-0.05, 0) is 57.1 Å². The first kappa shape index (κ1) is 17.3. The largest absolute Gasteiger partial charge is 0.356 e. The Morgan fingerprint density at radius 3 is 2.54 bits per heavy atom. The summed E-state index contributed by atoms with van der Waals surface area (Å²) in [6.45, 7) is 1.98. The van der Waals surface area contributed by atoms with E-state index in [9.17, 15) is 0 Å². The van der Waals surface area contributed by atoms with E-state index in [0.717, 1.165) is 54.2 Å². The predicted molar refractivity (Wildman–Crippen MR) is 107 cm³/mol. The number of anilines is 1. The van der Waals surface area contributed by atoms with Crippen LogP contribution in [0.1, 0.15) is 18.4 Å². The Balaban J connectivity index is 1.54. The Kier molecular flexibility index (Phi) is 4.59. The lowest BCUT2D eigenvalue weighted by Crippen LogP contribution is -2.54. The molecule has 1 aromatic carbocycles. The van der Waals surface area contributed by atoms with Crippen LogP contribution in [0.15, 0.2) is 42.9 Å². The number of rotatable bonds is 4. The molecule has 0 atom stereocenters. The Morgan fingerprint density at radius 2 is 1.85 bits per heavy atom. The number of aromatic nitrogens is 3. The molecule has 6 heteroatoms. The average Bonchev–Trinajstić information content (AvgIpc) is 3.13. The van der Waals surface area contributed by atoms with E-state index in [0.29, 0.717) is 0 Å². The van der Waals surface area contributed by atoms with Crippen LogP contribution < -0.4 is 4.90 Å². The molecule has 1 saturated heterocycles. The number of fused-ring (bicyclic) bond motifs is 1. The molecular weight excluding hydrogens is 346 g/mol. The Morgan fingerprint density at radius 1 is 1.12 bits per heavy atom. The summed E-state index contributed by atoms with van der Waals surface area (Å²) in [5.74, 6) is 1.04. The van der Waals surface area contributed by atoms with Crippen LogP contribution >= 0.6 is 11.6 Å². The lowest BCUT2D eigenvalue weighted by atomic mass is 9.80. The summed E-state index contributed by atoms with van der Waals surface area (Å²) in [5.41, 5.74) is 2.40. The number of likely N-dealkylation sites (N-methyl/N-ethyl adjacent to an activating group) is 1. The number of benzene rings is 1. The molecule has 4 rings (SSSR count). The highest BCUT2D eigenvalue weighted by atomic mass is 35.5. The highest BCUT2D eigenvalue weighted by Gasteiger charge is 2.37. The second-order valence-electron chi connectivity index (χ2n) is 7.35. The maximum absolute atomic E-state index is 6.05. The van der Waals surface area contributed by atoms with Crippen LogP contribution in [0.4, 0.5) is 5.82 Å². The minimum atomic E-state index is 0.161. The molecule has 0 amide bonds. The van der Waals surface area contributed by atoms with Crippen molar-refractivity contribution < 1.29 is 0 Å². The first-order chi connectivity index (χ1) is 12.6. The number of piperidine rings is 1. The predicted octanol–water partition coefficient (Wildman–Crippen LogP) is 3.75. The van der Waals surface area contributed by atoms with Gasteiger partial charge in [-0.15, -0.1) is 0 Å². The third-order valence-electron chi connectivity index (χ3n) is 5.72. The fourth-order valence-corrected chi connectivity index (χ4v) is 4.14. The standard InChI is InChI=1S/C20H24ClN5/c1-25(2)20(13-15-3-5-16(21)6-4-15)8-11-26(12-9-20)19-17-7-10-22-18(17)23-14-24-19/h3-7,10,14H,8-9,11-13H2,1-2H3,(H,22,23,24). The van der Waals surface area contributed by atoms with Crippen molar-refractivity contribution in [3.8, 4) is 0 Å². The summed E-state index contributed by atoms with van der Waals surface area (Å²) in [4.78, 5) is 16.8. The van der Waals surface area contributed by atoms with Crippen LogP contribution in [0.25, 0.3) is 11.0 Å². The van der Waals surface area contributed by atoms with Gasteiger partial charge in [-0.1, -0.05) is 23.7 Å². The summed E-state index contributed by atoms with van der Waals surface area (Å²) < 4.78 is 0. The first-order valence-corrected chi connectivity index (χ1v) is 9.40. The van der Waals surface area contributed by atoms with E-state index in [1.807, 2.05) is 18.3 Å². The molecule has 0 radical (unpaired) electrons. The van der Waals surface area contributed by atoms with Gasteiger partial charge in [0.15, 0.2) is 0 Å². The van der Waals surface area contributed by atoms with Crippen molar-refractivity contribution in [2.45, 2.75) is 24.8 Å². The van der Waals surface area contributed by atoms with Crippen LogP contribution in [0, 0.1) is 0 Å². The van der Waals surface area contributed by atoms with Crippen molar-refractivity contribution in [1.82, 2.24) is 19.9 Å². The minimum absolute atomic E-state index is 0.161. The molecule has 26 heavy (non-hydrogen) atoms. The quantitative estimate of drug-likeness (QED) is 0.760. The topological polar surface area (TPSA) is 48.1 Å². The molecule has 3 heterocycles. The average molecular weight is 370 g/mol. The van der Waals surface area contributed by atoms with E-state index < -0.39 is 0 Å². The molecule has 0 unspecified atom stereocenters. The zero-order valence-electron chi connectivity index (χ0n) is 15.2. The molecule has 0 aliphatic carbocycles. The summed E-state index contributed by atoms with van der Waals surface area (Å²) in [6.07, 6.45) is 6.80. The molecule has 2 aromatic heterocycles. The zero-order valence-corrected chi connectivity index (χ0v) is 16.0. The monoisotopic (exact) mass is 369 g/mol. The van der Waals surface area contributed by atoms with Crippen molar-refractivity contribution in [1.29, 1.82) is 0 Å². The fourth-order valence-electron chi connectivity index (χ4n) is 4.01. The van der Waals surface area contributed by atoms with Crippen molar-refractivity contribution in [2.75, 3.05) is 32.1 Å². The van der Waals surface area contributed by atoms with Gasteiger partial charge in [-0.2, -0.15) is 0 Å². The summed E-state index contributed by atoms with van der Waals surface area (Å²) in [5, 5.41) is 1.89. The SMILES string of the molecule is CN(C)C1(Cc2ccc(Cl)cc2)CCN(c2ncnc3[nH]ccc23)CC1. The molecule has 5 nitrogen and oxygen atoms in total. The Labute approximate surface area is 159 Å². The van der Waals surface area contributed by atoms with Gasteiger partial charge in [0.05, 0.1) is 5.39 Å². The van der Waals surface area contributed by atoms with Crippen molar-refractivity contribution in [3.63, 3.8) is 0 Å². The van der Waals surface area contributed by atoms with Crippen LogP contribution in [0.3, 0.4) is 0 Å². The molecular formula is C20H24ClN5. The van der Waals surface area contributed by atoms with E-state index in [2.05, 4.69) is 57.0 Å². The van der Waals surface area contributed by atoms with E-state index >= 15 is 0 Å². The number of nitrogens with zero attached hydrogens (tertiary/aromatic N) is 4. The molecule has 0 saturated carbocycles. The van der Waals surface area contributed by atoms with E-state index in [1.165, 1.54) is 5.56 Å². The highest BCUT2D eigenvalue weighted by Crippen LogP contribution is 2.34. The third-order valence-corrected chi connectivity index (χ3v) is 5.97. The van der Waals surface area contributed by atoms with Crippen LogP contribution in [-0.2, 0) is 6.42 Å². The van der Waals surface area contributed by atoms with Gasteiger partial charge in [0.2, 0.25) is 0 Å². The van der Waals surface area contributed by atoms with Gasteiger partial charge in [-0.25, -0.2) is 9.97 Å². The number of halogens is 1. The molecule has 1 aliphatic heterocycles. The Hall–Kier alpha value is -2.11. The number of nitrogens with one attached hydrogen (secondary N) is 1. The maximum atomic E-state index is 6.05. The molecule has 1 fully saturated rings. The van der Waals surface area contributed by atoms with Gasteiger partial charge in [0.25, 0.3) is 0 Å². The molecule has 1 aliphatic rings. The maximum Gasteiger partial charge on any atom is 0.142 e. The third kappa shape index (κ3) is 3.17. The summed E-state index contributed by atoms with van der Waals surface area (Å²) in [7, 11) is 4.39. The van der Waals surface area contributed by atoms with E-state index in [4.69, 9.17) is 11.6 Å². The van der Waals surface area contributed by atoms with Crippen molar-refractivity contribution in [2.24, 2.45) is 0 Å². The molecule has 3 aromatic rings. The van der Waals surface area contributed by atoms with Crippen molar-refractivity contribution in [3.05, 3.63) is 53.4 Å². The second-order valence-corrected chi connectivity index (χ2v) is 7.78. The van der Waals surface area contributed by atoms with Crippen LogP contribution in [0.2, 0.25) is 5.02 Å². The summed E-state index contributed by atoms with van der Waals surface area (Å²) in [6, 6.07) is 10.3. The van der Waals surface area contributed by atoms with Gasteiger partial charge < -0.3 is 14.8 Å². The normalized spacial score (nSPS) is 17.2. The molecule has 0 spiro atoms. The fraction of sp³-hybridized carbons (Fsp3) is 0.400. The second kappa shape index (κ2) is 6.89. The van der Waals surface area contributed by atoms with Crippen molar-refractivity contribution >= 4 is 28.5 Å². The first-order valence-electron chi connectivity index (χ1n) is 9.02. The van der Waals surface area contributed by atoms with E-state index in [1.54, 1.807) is 6.33 Å².